The van der Waals surface area contributed by atoms with Gasteiger partial charge >= 0.3 is 0 Å². The van der Waals surface area contributed by atoms with Crippen LogP contribution >= 0.6 is 0 Å². The molecule has 0 spiro atoms. The molecule has 1 aliphatic heterocycles. The lowest BCUT2D eigenvalue weighted by Gasteiger charge is -2.17. The van der Waals surface area contributed by atoms with E-state index in [1.54, 1.807) is 0 Å². The summed E-state index contributed by atoms with van der Waals surface area (Å²) >= 11 is 0. The molecule has 3 rings (SSSR count). The van der Waals surface area contributed by atoms with Gasteiger partial charge in [0.15, 0.2) is 0 Å². The van der Waals surface area contributed by atoms with Gasteiger partial charge in [0.25, 0.3) is 5.91 Å². The first kappa shape index (κ1) is 13.5. The molecular formula is C17H19N3O. The number of hydrogen-bond acceptors (Lipinski definition) is 3. The van der Waals surface area contributed by atoms with Crippen molar-refractivity contribution in [2.24, 2.45) is 0 Å². The van der Waals surface area contributed by atoms with Gasteiger partial charge in [0.2, 0.25) is 0 Å². The molecule has 0 saturated heterocycles. The SMILES string of the molecule is CN(C)c1ccccc1NC(=O)c1ccc2c(c1)CCN2. The summed E-state index contributed by atoms with van der Waals surface area (Å²) in [4.78, 5) is 14.4. The fraction of sp³-hybridized carbons (Fsp3) is 0.235. The van der Waals surface area contributed by atoms with Crippen LogP contribution in [0.5, 0.6) is 0 Å². The van der Waals surface area contributed by atoms with Crippen molar-refractivity contribution in [3.8, 4) is 0 Å². The third-order valence-corrected chi connectivity index (χ3v) is 3.71. The predicted octanol–water partition coefficient (Wildman–Crippen LogP) is 2.97. The van der Waals surface area contributed by atoms with Gasteiger partial charge in [-0.3, -0.25) is 4.79 Å². The molecule has 0 fully saturated rings. The van der Waals surface area contributed by atoms with Gasteiger partial charge in [-0.05, 0) is 42.3 Å². The van der Waals surface area contributed by atoms with Crippen molar-refractivity contribution in [3.05, 3.63) is 53.6 Å². The Hall–Kier alpha value is -2.49. The normalized spacial score (nSPS) is 12.5. The van der Waals surface area contributed by atoms with E-state index in [9.17, 15) is 4.79 Å². The van der Waals surface area contributed by atoms with Crippen LogP contribution < -0.4 is 15.5 Å². The van der Waals surface area contributed by atoms with Crippen molar-refractivity contribution in [2.45, 2.75) is 6.42 Å². The first-order valence-electron chi connectivity index (χ1n) is 7.09. The molecule has 0 unspecified atom stereocenters. The molecular weight excluding hydrogens is 262 g/mol. The van der Waals surface area contributed by atoms with Gasteiger partial charge in [-0.2, -0.15) is 0 Å². The molecule has 0 atom stereocenters. The third-order valence-electron chi connectivity index (χ3n) is 3.71. The number of fused-ring (bicyclic) bond motifs is 1. The number of nitrogens with zero attached hydrogens (tertiary/aromatic N) is 1. The van der Waals surface area contributed by atoms with Crippen LogP contribution in [0, 0.1) is 0 Å². The lowest BCUT2D eigenvalue weighted by Crippen LogP contribution is -2.16. The Morgan fingerprint density at radius 2 is 2.00 bits per heavy atom. The van der Waals surface area contributed by atoms with E-state index in [2.05, 4.69) is 10.6 Å². The molecule has 0 radical (unpaired) electrons. The number of para-hydroxylation sites is 2. The van der Waals surface area contributed by atoms with Crippen LogP contribution in [-0.2, 0) is 6.42 Å². The van der Waals surface area contributed by atoms with Crippen LogP contribution in [0.4, 0.5) is 17.1 Å². The van der Waals surface area contributed by atoms with Crippen LogP contribution in [0.25, 0.3) is 0 Å². The second-order valence-electron chi connectivity index (χ2n) is 5.41. The van der Waals surface area contributed by atoms with Crippen molar-refractivity contribution in [1.29, 1.82) is 0 Å². The summed E-state index contributed by atoms with van der Waals surface area (Å²) in [5.74, 6) is -0.0704. The number of carbonyl (C=O) groups is 1. The number of amides is 1. The summed E-state index contributed by atoms with van der Waals surface area (Å²) in [7, 11) is 3.93. The van der Waals surface area contributed by atoms with E-state index in [0.29, 0.717) is 5.56 Å². The molecule has 2 aromatic carbocycles. The molecule has 2 N–H and O–H groups in total. The summed E-state index contributed by atoms with van der Waals surface area (Å²) < 4.78 is 0. The highest BCUT2D eigenvalue weighted by molar-refractivity contribution is 6.06. The molecule has 108 valence electrons. The Labute approximate surface area is 124 Å². The maximum absolute atomic E-state index is 12.4. The van der Waals surface area contributed by atoms with Crippen LogP contribution in [0.2, 0.25) is 0 Å². The summed E-state index contributed by atoms with van der Waals surface area (Å²) in [5.41, 5.74) is 4.87. The summed E-state index contributed by atoms with van der Waals surface area (Å²) in [5, 5.41) is 6.30. The highest BCUT2D eigenvalue weighted by atomic mass is 16.1. The second-order valence-corrected chi connectivity index (χ2v) is 5.41. The Kier molecular flexibility index (Phi) is 3.52. The summed E-state index contributed by atoms with van der Waals surface area (Å²) in [6.07, 6.45) is 0.977. The topological polar surface area (TPSA) is 44.4 Å². The Morgan fingerprint density at radius 3 is 2.81 bits per heavy atom. The minimum atomic E-state index is -0.0704. The Balaban J connectivity index is 1.84. The van der Waals surface area contributed by atoms with Crippen LogP contribution in [0.3, 0.4) is 0 Å². The van der Waals surface area contributed by atoms with Gasteiger partial charge in [0.05, 0.1) is 11.4 Å². The van der Waals surface area contributed by atoms with Crippen molar-refractivity contribution >= 4 is 23.0 Å². The van der Waals surface area contributed by atoms with Crippen molar-refractivity contribution in [1.82, 2.24) is 0 Å². The molecule has 0 saturated carbocycles. The van der Waals surface area contributed by atoms with E-state index in [0.717, 1.165) is 30.0 Å². The Bertz CT molecular complexity index is 679. The predicted molar refractivity (Wildman–Crippen MR) is 87.4 cm³/mol. The molecule has 1 aliphatic rings. The van der Waals surface area contributed by atoms with E-state index in [1.165, 1.54) is 5.56 Å². The van der Waals surface area contributed by atoms with E-state index in [-0.39, 0.29) is 5.91 Å². The van der Waals surface area contributed by atoms with Gasteiger partial charge in [-0.15, -0.1) is 0 Å². The number of carbonyl (C=O) groups excluding carboxylic acids is 1. The molecule has 4 heteroatoms. The molecule has 1 heterocycles. The van der Waals surface area contributed by atoms with E-state index < -0.39 is 0 Å². The zero-order valence-corrected chi connectivity index (χ0v) is 12.3. The van der Waals surface area contributed by atoms with Gasteiger partial charge in [-0.1, -0.05) is 12.1 Å². The quantitative estimate of drug-likeness (QED) is 0.909. The number of anilines is 3. The summed E-state index contributed by atoms with van der Waals surface area (Å²) in [6, 6.07) is 13.6. The van der Waals surface area contributed by atoms with Crippen LogP contribution in [-0.4, -0.2) is 26.5 Å². The fourth-order valence-corrected chi connectivity index (χ4v) is 2.61. The first-order chi connectivity index (χ1) is 10.1. The number of hydrogen-bond donors (Lipinski definition) is 2. The third kappa shape index (κ3) is 2.70. The van der Waals surface area contributed by atoms with Gasteiger partial charge in [-0.25, -0.2) is 0 Å². The maximum Gasteiger partial charge on any atom is 0.255 e. The first-order valence-corrected chi connectivity index (χ1v) is 7.09. The molecule has 0 aliphatic carbocycles. The fourth-order valence-electron chi connectivity index (χ4n) is 2.61. The zero-order chi connectivity index (χ0) is 14.8. The highest BCUT2D eigenvalue weighted by Gasteiger charge is 2.14. The largest absolute Gasteiger partial charge is 0.384 e. The van der Waals surface area contributed by atoms with E-state index >= 15 is 0 Å². The smallest absolute Gasteiger partial charge is 0.255 e. The monoisotopic (exact) mass is 281 g/mol. The molecule has 2 aromatic rings. The Morgan fingerprint density at radius 1 is 1.19 bits per heavy atom. The van der Waals surface area contributed by atoms with E-state index in [1.807, 2.05) is 61.5 Å². The van der Waals surface area contributed by atoms with Gasteiger partial charge in [0, 0.05) is 31.9 Å². The standard InChI is InChI=1S/C17H19N3O/c1-20(2)16-6-4-3-5-15(16)19-17(21)13-7-8-14-12(11-13)9-10-18-14/h3-8,11,18H,9-10H2,1-2H3,(H,19,21). The maximum atomic E-state index is 12.4. The van der Waals surface area contributed by atoms with Crippen LogP contribution in [0.1, 0.15) is 15.9 Å². The average molecular weight is 281 g/mol. The van der Waals surface area contributed by atoms with E-state index in [4.69, 9.17) is 0 Å². The lowest BCUT2D eigenvalue weighted by atomic mass is 10.1. The number of benzene rings is 2. The van der Waals surface area contributed by atoms with Crippen molar-refractivity contribution in [3.63, 3.8) is 0 Å². The van der Waals surface area contributed by atoms with Crippen molar-refractivity contribution < 1.29 is 4.79 Å². The highest BCUT2D eigenvalue weighted by Crippen LogP contribution is 2.26. The molecule has 0 bridgehead atoms. The molecule has 1 amide bonds. The average Bonchev–Trinajstić information content (AvgIpc) is 2.94. The van der Waals surface area contributed by atoms with Crippen molar-refractivity contribution in [2.75, 3.05) is 36.2 Å². The molecule has 21 heavy (non-hydrogen) atoms. The molecule has 4 nitrogen and oxygen atoms in total. The second kappa shape index (κ2) is 5.48. The summed E-state index contributed by atoms with van der Waals surface area (Å²) in [6.45, 7) is 0.948. The molecule has 0 aromatic heterocycles. The number of nitrogens with one attached hydrogen (secondary N) is 2. The van der Waals surface area contributed by atoms with Gasteiger partial charge < -0.3 is 15.5 Å². The van der Waals surface area contributed by atoms with Crippen LogP contribution in [0.15, 0.2) is 42.5 Å². The minimum absolute atomic E-state index is 0.0704. The number of rotatable bonds is 3. The lowest BCUT2D eigenvalue weighted by molar-refractivity contribution is 0.102. The zero-order valence-electron chi connectivity index (χ0n) is 12.3. The van der Waals surface area contributed by atoms with Gasteiger partial charge in [0.1, 0.15) is 0 Å². The minimum Gasteiger partial charge on any atom is -0.384 e.